The highest BCUT2D eigenvalue weighted by molar-refractivity contribution is 6.32. The fourth-order valence-electron chi connectivity index (χ4n) is 3.45. The summed E-state index contributed by atoms with van der Waals surface area (Å²) >= 11 is 6.22. The average molecular weight is 385 g/mol. The monoisotopic (exact) mass is 384 g/mol. The second-order valence-electron chi connectivity index (χ2n) is 7.01. The van der Waals surface area contributed by atoms with Crippen LogP contribution in [0, 0.1) is 5.92 Å². The summed E-state index contributed by atoms with van der Waals surface area (Å²) in [5.74, 6) is 0.581. The van der Waals surface area contributed by atoms with Crippen LogP contribution in [-0.2, 0) is 4.79 Å². The van der Waals surface area contributed by atoms with Crippen molar-refractivity contribution in [1.29, 1.82) is 0 Å². The molecule has 2 aromatic rings. The summed E-state index contributed by atoms with van der Waals surface area (Å²) < 4.78 is 5.66. The summed E-state index contributed by atoms with van der Waals surface area (Å²) in [6, 6.07) is 12.6. The molecule has 6 heteroatoms. The van der Waals surface area contributed by atoms with E-state index in [9.17, 15) is 9.59 Å². The van der Waals surface area contributed by atoms with Crippen molar-refractivity contribution < 1.29 is 14.3 Å². The van der Waals surface area contributed by atoms with Crippen molar-refractivity contribution in [2.45, 2.75) is 25.3 Å². The number of ether oxygens (including phenoxy) is 1. The minimum Gasteiger partial charge on any atom is -0.492 e. The first-order valence-electron chi connectivity index (χ1n) is 9.15. The maximum Gasteiger partial charge on any atom is 0.253 e. The van der Waals surface area contributed by atoms with Crippen LogP contribution in [-0.4, -0.2) is 25.5 Å². The van der Waals surface area contributed by atoms with Crippen LogP contribution in [0.4, 0.5) is 5.69 Å². The Morgan fingerprint density at radius 2 is 1.89 bits per heavy atom. The van der Waals surface area contributed by atoms with E-state index in [1.807, 2.05) is 30.3 Å². The van der Waals surface area contributed by atoms with Crippen LogP contribution >= 0.6 is 11.6 Å². The molecule has 140 valence electrons. The van der Waals surface area contributed by atoms with Crippen molar-refractivity contribution >= 4 is 29.1 Å². The van der Waals surface area contributed by atoms with Crippen molar-refractivity contribution in [2.24, 2.45) is 5.92 Å². The Morgan fingerprint density at radius 1 is 1.11 bits per heavy atom. The summed E-state index contributed by atoms with van der Waals surface area (Å²) in [6.45, 7) is 0.489. The first-order valence-corrected chi connectivity index (χ1v) is 9.52. The lowest BCUT2D eigenvalue weighted by Crippen LogP contribution is -2.34. The molecule has 0 aromatic heterocycles. The highest BCUT2D eigenvalue weighted by Gasteiger charge is 2.34. The number of anilines is 1. The van der Waals surface area contributed by atoms with Crippen LogP contribution < -0.4 is 15.0 Å². The number of carbonyl (C=O) groups excluding carboxylic acids is 2. The third kappa shape index (κ3) is 3.52. The molecule has 2 amide bonds. The minimum atomic E-state index is -0.209. The molecule has 2 aromatic carbocycles. The fraction of sp³-hybridized carbons (Fsp3) is 0.333. The van der Waals surface area contributed by atoms with Crippen molar-refractivity contribution in [3.63, 3.8) is 0 Å². The van der Waals surface area contributed by atoms with Gasteiger partial charge in [0.2, 0.25) is 5.91 Å². The van der Waals surface area contributed by atoms with E-state index in [-0.39, 0.29) is 23.8 Å². The fourth-order valence-corrected chi connectivity index (χ4v) is 3.69. The third-order valence-electron chi connectivity index (χ3n) is 5.10. The number of nitrogens with one attached hydrogen (secondary N) is 1. The van der Waals surface area contributed by atoms with E-state index in [0.29, 0.717) is 35.1 Å². The molecule has 1 atom stereocenters. The lowest BCUT2D eigenvalue weighted by Gasteiger charge is -2.28. The Morgan fingerprint density at radius 3 is 2.67 bits per heavy atom. The molecule has 1 N–H and O–H groups in total. The highest BCUT2D eigenvalue weighted by atomic mass is 35.5. The summed E-state index contributed by atoms with van der Waals surface area (Å²) in [5.41, 5.74) is 2.00. The van der Waals surface area contributed by atoms with Gasteiger partial charge in [0, 0.05) is 24.9 Å². The van der Waals surface area contributed by atoms with Crippen LogP contribution in [0.15, 0.2) is 42.5 Å². The van der Waals surface area contributed by atoms with Gasteiger partial charge in [0.1, 0.15) is 5.75 Å². The molecule has 0 bridgehead atoms. The van der Waals surface area contributed by atoms with Crippen molar-refractivity contribution in [3.05, 3.63) is 58.6 Å². The lowest BCUT2D eigenvalue weighted by molar-refractivity contribution is -0.119. The number of fused-ring (bicyclic) bond motifs is 1. The number of hydrogen-bond acceptors (Lipinski definition) is 3. The largest absolute Gasteiger partial charge is 0.492 e. The molecule has 5 nitrogen and oxygen atoms in total. The van der Waals surface area contributed by atoms with Crippen molar-refractivity contribution in [3.8, 4) is 5.75 Å². The van der Waals surface area contributed by atoms with Gasteiger partial charge in [-0.05, 0) is 31.0 Å². The quantitative estimate of drug-likeness (QED) is 0.867. The van der Waals surface area contributed by atoms with Gasteiger partial charge < -0.3 is 15.0 Å². The molecule has 4 rings (SSSR count). The topological polar surface area (TPSA) is 58.6 Å². The summed E-state index contributed by atoms with van der Waals surface area (Å²) in [7, 11) is 1.73. The van der Waals surface area contributed by atoms with Gasteiger partial charge in [0.05, 0.1) is 28.9 Å². The second-order valence-corrected chi connectivity index (χ2v) is 7.42. The predicted octanol–water partition coefficient (Wildman–Crippen LogP) is 3.97. The molecular weight excluding hydrogens is 364 g/mol. The van der Waals surface area contributed by atoms with E-state index in [0.717, 1.165) is 18.4 Å². The zero-order chi connectivity index (χ0) is 19.0. The molecule has 27 heavy (non-hydrogen) atoms. The molecule has 1 saturated carbocycles. The Hall–Kier alpha value is -2.53. The molecule has 0 saturated heterocycles. The summed E-state index contributed by atoms with van der Waals surface area (Å²) in [5, 5.41) is 3.63. The molecule has 1 heterocycles. The normalized spacial score (nSPS) is 18.2. The van der Waals surface area contributed by atoms with Gasteiger partial charge in [-0.3, -0.25) is 9.59 Å². The summed E-state index contributed by atoms with van der Waals surface area (Å²) in [6.07, 6.45) is 2.52. The number of amides is 2. The number of hydrogen-bond donors (Lipinski definition) is 1. The van der Waals surface area contributed by atoms with Crippen LogP contribution in [0.25, 0.3) is 0 Å². The maximum atomic E-state index is 13.0. The number of rotatable bonds is 4. The average Bonchev–Trinajstić information content (AvgIpc) is 3.53. The maximum absolute atomic E-state index is 13.0. The number of nitrogens with zero attached hydrogens (tertiary/aromatic N) is 1. The van der Waals surface area contributed by atoms with Gasteiger partial charge in [-0.1, -0.05) is 35.9 Å². The first kappa shape index (κ1) is 17.9. The van der Waals surface area contributed by atoms with Gasteiger partial charge in [-0.25, -0.2) is 0 Å². The van der Waals surface area contributed by atoms with Gasteiger partial charge in [-0.15, -0.1) is 0 Å². The van der Waals surface area contributed by atoms with E-state index in [2.05, 4.69) is 5.32 Å². The number of halogens is 1. The third-order valence-corrected chi connectivity index (χ3v) is 5.40. The Balaban J connectivity index is 1.58. The number of carbonyl (C=O) groups is 2. The van der Waals surface area contributed by atoms with E-state index < -0.39 is 0 Å². The second kappa shape index (κ2) is 7.24. The SMILES string of the molecule is CN(C(=O)C1CC1)c1ccccc1C(=O)NC1CCOc2c(Cl)cccc21. The smallest absolute Gasteiger partial charge is 0.253 e. The van der Waals surface area contributed by atoms with Crippen LogP contribution in [0.5, 0.6) is 5.75 Å². The highest BCUT2D eigenvalue weighted by Crippen LogP contribution is 2.38. The van der Waals surface area contributed by atoms with Crippen LogP contribution in [0.2, 0.25) is 5.02 Å². The van der Waals surface area contributed by atoms with Crippen molar-refractivity contribution in [2.75, 3.05) is 18.6 Å². The summed E-state index contributed by atoms with van der Waals surface area (Å²) in [4.78, 5) is 27.1. The zero-order valence-electron chi connectivity index (χ0n) is 15.1. The number of benzene rings is 2. The first-order chi connectivity index (χ1) is 13.1. The number of para-hydroxylation sites is 2. The van der Waals surface area contributed by atoms with Crippen LogP contribution in [0.3, 0.4) is 0 Å². The standard InChI is InChI=1S/C21H21ClN2O3/c1-24(21(26)13-9-10-13)18-8-3-2-5-15(18)20(25)23-17-11-12-27-19-14(17)6-4-7-16(19)22/h2-8,13,17H,9-12H2,1H3,(H,23,25). The Labute approximate surface area is 163 Å². The molecular formula is C21H21ClN2O3. The van der Waals surface area contributed by atoms with Gasteiger partial charge >= 0.3 is 0 Å². The van der Waals surface area contributed by atoms with Gasteiger partial charge in [-0.2, -0.15) is 0 Å². The molecule has 1 unspecified atom stereocenters. The molecule has 0 spiro atoms. The molecule has 1 aliphatic carbocycles. The van der Waals surface area contributed by atoms with E-state index in [1.165, 1.54) is 0 Å². The molecule has 1 fully saturated rings. The van der Waals surface area contributed by atoms with E-state index in [4.69, 9.17) is 16.3 Å². The van der Waals surface area contributed by atoms with Crippen molar-refractivity contribution in [1.82, 2.24) is 5.32 Å². The van der Waals surface area contributed by atoms with E-state index >= 15 is 0 Å². The Kier molecular flexibility index (Phi) is 4.79. The van der Waals surface area contributed by atoms with Gasteiger partial charge in [0.25, 0.3) is 5.91 Å². The van der Waals surface area contributed by atoms with E-state index in [1.54, 1.807) is 24.1 Å². The van der Waals surface area contributed by atoms with Gasteiger partial charge in [0.15, 0.2) is 0 Å². The molecule has 1 aliphatic heterocycles. The lowest BCUT2D eigenvalue weighted by atomic mass is 9.99. The van der Waals surface area contributed by atoms with Crippen LogP contribution in [0.1, 0.15) is 41.2 Å². The minimum absolute atomic E-state index is 0.0680. The Bertz CT molecular complexity index is 895. The zero-order valence-corrected chi connectivity index (χ0v) is 15.8. The molecule has 0 radical (unpaired) electrons. The molecule has 2 aliphatic rings. The predicted molar refractivity (Wildman–Crippen MR) is 104 cm³/mol.